The molecule has 0 bridgehead atoms. The highest BCUT2D eigenvalue weighted by molar-refractivity contribution is 5.71. The van der Waals surface area contributed by atoms with E-state index in [1.807, 2.05) is 0 Å². The van der Waals surface area contributed by atoms with Crippen LogP contribution in [0, 0.1) is 0 Å². The Labute approximate surface area is 412 Å². The van der Waals surface area contributed by atoms with Crippen LogP contribution in [0.15, 0.2) is 122 Å². The quantitative estimate of drug-likeness (QED) is 0.0199. The number of ether oxygens (including phenoxy) is 3. The van der Waals surface area contributed by atoms with Crippen LogP contribution in [0.25, 0.3) is 0 Å². The summed E-state index contributed by atoms with van der Waals surface area (Å²) in [4.78, 5) is 38.1. The van der Waals surface area contributed by atoms with Gasteiger partial charge in [-0.25, -0.2) is 0 Å². The molecule has 0 amide bonds. The molecule has 0 aliphatic rings. The highest BCUT2D eigenvalue weighted by Crippen LogP contribution is 2.12. The maximum absolute atomic E-state index is 12.8. The molecule has 378 valence electrons. The van der Waals surface area contributed by atoms with Crippen LogP contribution < -0.4 is 0 Å². The number of carbonyl (C=O) groups excluding carboxylic acids is 3. The van der Waals surface area contributed by atoms with Crippen molar-refractivity contribution in [2.75, 3.05) is 13.2 Å². The SMILES string of the molecule is CC/C=C\C/C=C\C/C=C\C/C=C\C/C=C\CCCCCC(=O)OCC(COC(=O)CCCCCC/C=C\C/C=C\C/C=C\CC)OC(=O)CCCCC/C=C\C=C/CCCCCCCCC. The van der Waals surface area contributed by atoms with Crippen LogP contribution in [0.2, 0.25) is 0 Å². The number of hydrogen-bond donors (Lipinski definition) is 0. The summed E-state index contributed by atoms with van der Waals surface area (Å²) in [6.07, 6.45) is 74.7. The summed E-state index contributed by atoms with van der Waals surface area (Å²) in [5.74, 6) is -1.000. The fourth-order valence-electron chi connectivity index (χ4n) is 6.94. The van der Waals surface area contributed by atoms with Crippen molar-refractivity contribution >= 4 is 17.9 Å². The van der Waals surface area contributed by atoms with Gasteiger partial charge in [-0.15, -0.1) is 0 Å². The fraction of sp³-hybridized carbons (Fsp3) is 0.623. The van der Waals surface area contributed by atoms with E-state index in [9.17, 15) is 14.4 Å². The standard InChI is InChI=1S/C61H98O6/c1-4-7-10-13-16-19-22-25-28-30-31-32-34-36-39-42-45-48-51-54-60(63)66-57-58(56-65-59(62)53-50-47-44-41-38-35-27-24-21-18-15-12-9-6-3)67-61(64)55-52-49-46-43-40-37-33-29-26-23-20-17-14-11-8-5-2/h7,9-10,12,16,18-19,21,25,27-29,31-33,35-37,39-40,58H,4-6,8,11,13-15,17,20,22-24,26,30,34,38,41-57H2,1-3H3/b10-7-,12-9-,19-16-,21-18-,28-25-,32-31-,33-29-,35-27-,39-36-,40-37-. The van der Waals surface area contributed by atoms with Gasteiger partial charge in [0, 0.05) is 19.3 Å². The largest absolute Gasteiger partial charge is 0.462 e. The molecular formula is C61H98O6. The number of carbonyl (C=O) groups is 3. The van der Waals surface area contributed by atoms with Gasteiger partial charge in [0.15, 0.2) is 6.10 Å². The Kier molecular flexibility index (Phi) is 51.0. The van der Waals surface area contributed by atoms with Gasteiger partial charge in [0.25, 0.3) is 0 Å². The predicted molar refractivity (Wildman–Crippen MR) is 288 cm³/mol. The van der Waals surface area contributed by atoms with E-state index in [2.05, 4.69) is 142 Å². The molecule has 1 unspecified atom stereocenters. The lowest BCUT2D eigenvalue weighted by atomic mass is 10.1. The van der Waals surface area contributed by atoms with Gasteiger partial charge in [-0.3, -0.25) is 14.4 Å². The number of allylic oxidation sites excluding steroid dienone is 20. The maximum Gasteiger partial charge on any atom is 0.306 e. The first-order valence-corrected chi connectivity index (χ1v) is 27.1. The Morgan fingerprint density at radius 2 is 0.627 bits per heavy atom. The molecule has 0 aromatic heterocycles. The molecule has 0 aliphatic carbocycles. The molecule has 0 aromatic rings. The number of unbranched alkanes of at least 4 members (excludes halogenated alkanes) is 17. The third kappa shape index (κ3) is 52.6. The molecule has 0 spiro atoms. The zero-order valence-electron chi connectivity index (χ0n) is 43.1. The summed E-state index contributed by atoms with van der Waals surface area (Å²) in [7, 11) is 0. The minimum absolute atomic E-state index is 0.115. The number of hydrogen-bond acceptors (Lipinski definition) is 6. The molecule has 0 aromatic carbocycles. The highest BCUT2D eigenvalue weighted by atomic mass is 16.6. The van der Waals surface area contributed by atoms with Gasteiger partial charge >= 0.3 is 17.9 Å². The van der Waals surface area contributed by atoms with Gasteiger partial charge in [-0.05, 0) is 122 Å². The van der Waals surface area contributed by atoms with Gasteiger partial charge in [0.1, 0.15) is 13.2 Å². The number of rotatable bonds is 47. The molecule has 6 heteroatoms. The van der Waals surface area contributed by atoms with Crippen molar-refractivity contribution in [3.05, 3.63) is 122 Å². The molecular weight excluding hydrogens is 829 g/mol. The first-order valence-electron chi connectivity index (χ1n) is 27.1. The third-order valence-electron chi connectivity index (χ3n) is 11.0. The van der Waals surface area contributed by atoms with Crippen LogP contribution in [0.1, 0.15) is 226 Å². The zero-order chi connectivity index (χ0) is 48.6. The Bertz CT molecular complexity index is 1440. The van der Waals surface area contributed by atoms with Crippen molar-refractivity contribution in [1.82, 2.24) is 0 Å². The molecule has 0 saturated heterocycles. The van der Waals surface area contributed by atoms with E-state index in [-0.39, 0.29) is 37.5 Å². The van der Waals surface area contributed by atoms with Crippen LogP contribution in [-0.4, -0.2) is 37.2 Å². The Balaban J connectivity index is 4.54. The third-order valence-corrected chi connectivity index (χ3v) is 11.0. The second kappa shape index (κ2) is 54.4. The zero-order valence-corrected chi connectivity index (χ0v) is 43.1. The van der Waals surface area contributed by atoms with E-state index in [4.69, 9.17) is 14.2 Å². The summed E-state index contributed by atoms with van der Waals surface area (Å²) in [6, 6.07) is 0. The van der Waals surface area contributed by atoms with Crippen LogP contribution >= 0.6 is 0 Å². The number of esters is 3. The van der Waals surface area contributed by atoms with E-state index in [0.717, 1.165) is 141 Å². The van der Waals surface area contributed by atoms with Gasteiger partial charge in [0.2, 0.25) is 0 Å². The molecule has 0 rings (SSSR count). The van der Waals surface area contributed by atoms with Gasteiger partial charge in [-0.2, -0.15) is 0 Å². The topological polar surface area (TPSA) is 78.9 Å². The van der Waals surface area contributed by atoms with E-state index in [0.29, 0.717) is 12.8 Å². The first kappa shape index (κ1) is 62.8. The summed E-state index contributed by atoms with van der Waals surface area (Å²) >= 11 is 0. The second-order valence-electron chi connectivity index (χ2n) is 17.4. The lowest BCUT2D eigenvalue weighted by Crippen LogP contribution is -2.30. The van der Waals surface area contributed by atoms with Crippen LogP contribution in [-0.2, 0) is 28.6 Å². The van der Waals surface area contributed by atoms with Crippen LogP contribution in [0.5, 0.6) is 0 Å². The normalized spacial score (nSPS) is 13.1. The molecule has 0 heterocycles. The van der Waals surface area contributed by atoms with Crippen molar-refractivity contribution in [2.45, 2.75) is 232 Å². The van der Waals surface area contributed by atoms with Crippen molar-refractivity contribution < 1.29 is 28.6 Å². The van der Waals surface area contributed by atoms with E-state index < -0.39 is 6.10 Å². The smallest absolute Gasteiger partial charge is 0.306 e. The molecule has 0 radical (unpaired) electrons. The molecule has 67 heavy (non-hydrogen) atoms. The van der Waals surface area contributed by atoms with Crippen LogP contribution in [0.4, 0.5) is 0 Å². The molecule has 0 aliphatic heterocycles. The molecule has 0 fully saturated rings. The van der Waals surface area contributed by atoms with Gasteiger partial charge in [0.05, 0.1) is 0 Å². The lowest BCUT2D eigenvalue weighted by molar-refractivity contribution is -0.167. The second-order valence-corrected chi connectivity index (χ2v) is 17.4. The highest BCUT2D eigenvalue weighted by Gasteiger charge is 2.19. The summed E-state index contributed by atoms with van der Waals surface area (Å²) in [5, 5.41) is 0. The Morgan fingerprint density at radius 3 is 1.01 bits per heavy atom. The fourth-order valence-corrected chi connectivity index (χ4v) is 6.94. The van der Waals surface area contributed by atoms with Crippen molar-refractivity contribution in [1.29, 1.82) is 0 Å². The maximum atomic E-state index is 12.8. The summed E-state index contributed by atoms with van der Waals surface area (Å²) in [5.41, 5.74) is 0. The van der Waals surface area contributed by atoms with Gasteiger partial charge < -0.3 is 14.2 Å². The average Bonchev–Trinajstić information content (AvgIpc) is 3.33. The van der Waals surface area contributed by atoms with E-state index in [1.54, 1.807) is 0 Å². The van der Waals surface area contributed by atoms with Crippen LogP contribution in [0.3, 0.4) is 0 Å². The molecule has 0 N–H and O–H groups in total. The predicted octanol–water partition coefficient (Wildman–Crippen LogP) is 18.1. The van der Waals surface area contributed by atoms with Crippen molar-refractivity contribution in [3.63, 3.8) is 0 Å². The summed E-state index contributed by atoms with van der Waals surface area (Å²) in [6.45, 7) is 6.32. The van der Waals surface area contributed by atoms with E-state index in [1.165, 1.54) is 44.9 Å². The Morgan fingerprint density at radius 1 is 0.328 bits per heavy atom. The summed E-state index contributed by atoms with van der Waals surface area (Å²) < 4.78 is 16.8. The van der Waals surface area contributed by atoms with Crippen molar-refractivity contribution in [3.8, 4) is 0 Å². The Hall–Kier alpha value is -4.19. The van der Waals surface area contributed by atoms with E-state index >= 15 is 0 Å². The molecule has 1 atom stereocenters. The average molecular weight is 927 g/mol. The molecule has 6 nitrogen and oxygen atoms in total. The first-order chi connectivity index (χ1) is 33.0. The minimum atomic E-state index is -0.819. The van der Waals surface area contributed by atoms with Crippen molar-refractivity contribution in [2.24, 2.45) is 0 Å². The monoisotopic (exact) mass is 927 g/mol. The lowest BCUT2D eigenvalue weighted by Gasteiger charge is -2.18. The van der Waals surface area contributed by atoms with Gasteiger partial charge in [-0.1, -0.05) is 206 Å². The molecule has 0 saturated carbocycles. The minimum Gasteiger partial charge on any atom is -0.462 e.